The van der Waals surface area contributed by atoms with Crippen LogP contribution in [0.15, 0.2) is 24.3 Å². The number of carbonyl (C=O) groups is 1. The molecule has 28 heavy (non-hydrogen) atoms. The molecule has 1 aromatic carbocycles. The molecule has 3 aromatic rings. The standard InChI is InChI=1S/C20H20ClN3O3S/c1-3-27-20(25)16-12(2)15-18(24-8-10-26-11-9-24)22-17(23-19(15)28-16)13-4-6-14(21)7-5-13/h4-7H,3,8-11H2,1-2H3. The molecule has 1 aliphatic rings. The minimum Gasteiger partial charge on any atom is -0.462 e. The lowest BCUT2D eigenvalue weighted by Crippen LogP contribution is -2.37. The van der Waals surface area contributed by atoms with Gasteiger partial charge in [-0.3, -0.25) is 0 Å². The number of morpholine rings is 1. The molecular formula is C20H20ClN3O3S. The Hall–Kier alpha value is -2.22. The third-order valence-electron chi connectivity index (χ3n) is 4.64. The van der Waals surface area contributed by atoms with Gasteiger partial charge in [0.2, 0.25) is 0 Å². The zero-order valence-corrected chi connectivity index (χ0v) is 17.3. The SMILES string of the molecule is CCOC(=O)c1sc2nc(-c3ccc(Cl)cc3)nc(N3CCOCC3)c2c1C. The summed E-state index contributed by atoms with van der Waals surface area (Å²) in [6.45, 7) is 6.86. The lowest BCUT2D eigenvalue weighted by Gasteiger charge is -2.28. The number of ether oxygens (including phenoxy) is 2. The Kier molecular flexibility index (Phi) is 5.48. The van der Waals surface area contributed by atoms with Crippen molar-refractivity contribution in [3.63, 3.8) is 0 Å². The Morgan fingerprint density at radius 1 is 1.25 bits per heavy atom. The fourth-order valence-corrected chi connectivity index (χ4v) is 4.44. The molecule has 0 atom stereocenters. The topological polar surface area (TPSA) is 64.5 Å². The van der Waals surface area contributed by atoms with Gasteiger partial charge >= 0.3 is 5.97 Å². The molecule has 1 aliphatic heterocycles. The number of carbonyl (C=O) groups excluding carboxylic acids is 1. The van der Waals surface area contributed by atoms with E-state index in [9.17, 15) is 4.79 Å². The second kappa shape index (κ2) is 8.03. The number of fused-ring (bicyclic) bond motifs is 1. The first-order valence-electron chi connectivity index (χ1n) is 9.15. The van der Waals surface area contributed by atoms with Crippen molar-refractivity contribution in [2.45, 2.75) is 13.8 Å². The maximum Gasteiger partial charge on any atom is 0.348 e. The van der Waals surface area contributed by atoms with E-state index in [1.54, 1.807) is 6.92 Å². The van der Waals surface area contributed by atoms with E-state index in [0.29, 0.717) is 35.5 Å². The van der Waals surface area contributed by atoms with Crippen molar-refractivity contribution in [2.24, 2.45) is 0 Å². The number of thiophene rings is 1. The molecule has 0 saturated carbocycles. The number of nitrogens with zero attached hydrogens (tertiary/aromatic N) is 3. The summed E-state index contributed by atoms with van der Waals surface area (Å²) in [6.07, 6.45) is 0. The Morgan fingerprint density at radius 2 is 1.96 bits per heavy atom. The van der Waals surface area contributed by atoms with Crippen LogP contribution in [0.4, 0.5) is 5.82 Å². The van der Waals surface area contributed by atoms with E-state index in [1.165, 1.54) is 11.3 Å². The first kappa shape index (κ1) is 19.1. The smallest absolute Gasteiger partial charge is 0.348 e. The minimum absolute atomic E-state index is 0.316. The molecule has 0 aliphatic carbocycles. The van der Waals surface area contributed by atoms with Gasteiger partial charge < -0.3 is 14.4 Å². The van der Waals surface area contributed by atoms with Crippen molar-refractivity contribution >= 4 is 44.9 Å². The van der Waals surface area contributed by atoms with Crippen molar-refractivity contribution in [2.75, 3.05) is 37.8 Å². The van der Waals surface area contributed by atoms with Crippen LogP contribution >= 0.6 is 22.9 Å². The summed E-state index contributed by atoms with van der Waals surface area (Å²) in [5.74, 6) is 1.13. The first-order valence-corrected chi connectivity index (χ1v) is 10.3. The molecule has 0 spiro atoms. The van der Waals surface area contributed by atoms with Crippen LogP contribution in [0.3, 0.4) is 0 Å². The van der Waals surface area contributed by atoms with Crippen LogP contribution in [0.2, 0.25) is 5.02 Å². The molecule has 2 aromatic heterocycles. The molecule has 0 bridgehead atoms. The fraction of sp³-hybridized carbons (Fsp3) is 0.350. The van der Waals surface area contributed by atoms with Crippen molar-refractivity contribution in [3.05, 3.63) is 39.7 Å². The molecule has 1 fully saturated rings. The molecule has 0 amide bonds. The van der Waals surface area contributed by atoms with E-state index in [2.05, 4.69) is 4.90 Å². The lowest BCUT2D eigenvalue weighted by molar-refractivity contribution is 0.0531. The van der Waals surface area contributed by atoms with Crippen LogP contribution in [-0.2, 0) is 9.47 Å². The van der Waals surface area contributed by atoms with Gasteiger partial charge in [-0.2, -0.15) is 0 Å². The van der Waals surface area contributed by atoms with Gasteiger partial charge in [0.15, 0.2) is 5.82 Å². The summed E-state index contributed by atoms with van der Waals surface area (Å²) in [4.78, 5) is 25.6. The zero-order valence-electron chi connectivity index (χ0n) is 15.7. The molecular weight excluding hydrogens is 398 g/mol. The van der Waals surface area contributed by atoms with E-state index < -0.39 is 0 Å². The number of aromatic nitrogens is 2. The van der Waals surface area contributed by atoms with Crippen LogP contribution in [0.5, 0.6) is 0 Å². The number of aryl methyl sites for hydroxylation is 1. The van der Waals surface area contributed by atoms with Crippen molar-refractivity contribution in [1.82, 2.24) is 9.97 Å². The van der Waals surface area contributed by atoms with Gasteiger partial charge in [-0.15, -0.1) is 11.3 Å². The maximum atomic E-state index is 12.4. The van der Waals surface area contributed by atoms with Crippen LogP contribution in [0.25, 0.3) is 21.6 Å². The number of halogens is 1. The Bertz CT molecular complexity index is 1010. The van der Waals surface area contributed by atoms with Gasteiger partial charge in [-0.1, -0.05) is 11.6 Å². The number of benzene rings is 1. The normalized spacial score (nSPS) is 14.5. The largest absolute Gasteiger partial charge is 0.462 e. The summed E-state index contributed by atoms with van der Waals surface area (Å²) in [6, 6.07) is 7.45. The third-order valence-corrected chi connectivity index (χ3v) is 6.06. The Balaban J connectivity index is 1.90. The monoisotopic (exact) mass is 417 g/mol. The highest BCUT2D eigenvalue weighted by atomic mass is 35.5. The molecule has 3 heterocycles. The number of anilines is 1. The minimum atomic E-state index is -0.316. The Labute approximate surface area is 172 Å². The number of hydrogen-bond acceptors (Lipinski definition) is 7. The van der Waals surface area contributed by atoms with E-state index in [0.717, 1.165) is 40.3 Å². The van der Waals surface area contributed by atoms with Gasteiger partial charge in [0.05, 0.1) is 25.2 Å². The summed E-state index contributed by atoms with van der Waals surface area (Å²) in [5, 5.41) is 1.57. The van der Waals surface area contributed by atoms with Crippen molar-refractivity contribution in [1.29, 1.82) is 0 Å². The third kappa shape index (κ3) is 3.57. The fourth-order valence-electron chi connectivity index (χ4n) is 3.24. The predicted molar refractivity (Wildman–Crippen MR) is 112 cm³/mol. The predicted octanol–water partition coefficient (Wildman–Crippen LogP) is 4.33. The molecule has 8 heteroatoms. The highest BCUT2D eigenvalue weighted by Gasteiger charge is 2.25. The average Bonchev–Trinajstić information content (AvgIpc) is 3.05. The van der Waals surface area contributed by atoms with Gasteiger partial charge in [0.25, 0.3) is 0 Å². The molecule has 0 unspecified atom stereocenters. The molecule has 146 valence electrons. The first-order chi connectivity index (χ1) is 13.6. The lowest BCUT2D eigenvalue weighted by atomic mass is 10.1. The second-order valence-corrected chi connectivity index (χ2v) is 7.87. The van der Waals surface area contributed by atoms with E-state index in [-0.39, 0.29) is 5.97 Å². The summed E-state index contributed by atoms with van der Waals surface area (Å²) in [5.41, 5.74) is 1.74. The van der Waals surface area contributed by atoms with E-state index >= 15 is 0 Å². The zero-order chi connectivity index (χ0) is 19.7. The maximum absolute atomic E-state index is 12.4. The van der Waals surface area contributed by atoms with Crippen LogP contribution in [0.1, 0.15) is 22.2 Å². The molecule has 0 radical (unpaired) electrons. The van der Waals surface area contributed by atoms with E-state index in [4.69, 9.17) is 31.0 Å². The van der Waals surface area contributed by atoms with E-state index in [1.807, 2.05) is 31.2 Å². The highest BCUT2D eigenvalue weighted by Crippen LogP contribution is 2.37. The number of rotatable bonds is 4. The summed E-state index contributed by atoms with van der Waals surface area (Å²) >= 11 is 7.38. The second-order valence-electron chi connectivity index (χ2n) is 6.43. The molecule has 4 rings (SSSR count). The van der Waals surface area contributed by atoms with Crippen LogP contribution in [-0.4, -0.2) is 48.8 Å². The molecule has 1 saturated heterocycles. The summed E-state index contributed by atoms with van der Waals surface area (Å²) < 4.78 is 10.7. The molecule has 6 nitrogen and oxygen atoms in total. The van der Waals surface area contributed by atoms with Crippen molar-refractivity contribution in [3.8, 4) is 11.4 Å². The van der Waals surface area contributed by atoms with Crippen LogP contribution in [0, 0.1) is 6.92 Å². The van der Waals surface area contributed by atoms with Gasteiger partial charge in [-0.05, 0) is 43.7 Å². The van der Waals surface area contributed by atoms with Crippen LogP contribution < -0.4 is 4.90 Å². The number of esters is 1. The quantitative estimate of drug-likeness (QED) is 0.588. The number of hydrogen-bond donors (Lipinski definition) is 0. The van der Waals surface area contributed by atoms with Gasteiger partial charge in [0, 0.05) is 23.7 Å². The summed E-state index contributed by atoms with van der Waals surface area (Å²) in [7, 11) is 0. The van der Waals surface area contributed by atoms with Gasteiger partial charge in [0.1, 0.15) is 15.5 Å². The average molecular weight is 418 g/mol. The van der Waals surface area contributed by atoms with Crippen molar-refractivity contribution < 1.29 is 14.3 Å². The Morgan fingerprint density at radius 3 is 2.64 bits per heavy atom. The molecule has 0 N–H and O–H groups in total. The van der Waals surface area contributed by atoms with Gasteiger partial charge in [-0.25, -0.2) is 14.8 Å². The highest BCUT2D eigenvalue weighted by molar-refractivity contribution is 7.20.